The van der Waals surface area contributed by atoms with Crippen LogP contribution in [0, 0.1) is 0 Å². The summed E-state index contributed by atoms with van der Waals surface area (Å²) in [7, 11) is 0. The Morgan fingerprint density at radius 3 is 2.67 bits per heavy atom. The summed E-state index contributed by atoms with van der Waals surface area (Å²) >= 11 is 0. The summed E-state index contributed by atoms with van der Waals surface area (Å²) in [5.74, 6) is 0. The van der Waals surface area contributed by atoms with Crippen LogP contribution in [-0.4, -0.2) is 15.0 Å². The monoisotopic (exact) mass is 316 g/mol. The van der Waals surface area contributed by atoms with Crippen LogP contribution in [0.15, 0.2) is 71.8 Å². The number of fused-ring (bicyclic) bond motifs is 1. The van der Waals surface area contributed by atoms with Crippen molar-refractivity contribution in [1.82, 2.24) is 15.0 Å². The highest BCUT2D eigenvalue weighted by molar-refractivity contribution is 5.85. The minimum atomic E-state index is -0.195. The van der Waals surface area contributed by atoms with E-state index in [1.165, 1.54) is 5.56 Å². The van der Waals surface area contributed by atoms with Crippen LogP contribution in [0.25, 0.3) is 22.2 Å². The Bertz CT molecular complexity index is 1030. The van der Waals surface area contributed by atoms with Gasteiger partial charge in [-0.25, -0.2) is 4.79 Å². The highest BCUT2D eigenvalue weighted by atomic mass is 16.1. The van der Waals surface area contributed by atoms with Crippen molar-refractivity contribution in [2.45, 2.75) is 6.54 Å². The standard InChI is InChI=1S/C19H16N4O/c24-19-22-16-7-6-14(10-17(16)23-19)15-8-9-20-12-18(15)21-11-13-4-2-1-3-5-13/h1-10,12,21H,11H2,(H2,22,23,24). The third kappa shape index (κ3) is 2.79. The van der Waals surface area contributed by atoms with Gasteiger partial charge >= 0.3 is 5.69 Å². The third-order valence-corrected chi connectivity index (χ3v) is 3.97. The number of imidazole rings is 1. The molecule has 2 heterocycles. The quantitative estimate of drug-likeness (QED) is 0.539. The molecule has 0 fully saturated rings. The van der Waals surface area contributed by atoms with Gasteiger partial charge in [-0.3, -0.25) is 4.98 Å². The maximum Gasteiger partial charge on any atom is 0.323 e. The van der Waals surface area contributed by atoms with Crippen molar-refractivity contribution in [2.75, 3.05) is 5.32 Å². The molecule has 4 aromatic rings. The maximum absolute atomic E-state index is 11.4. The number of hydrogen-bond donors (Lipinski definition) is 3. The molecule has 2 aromatic heterocycles. The summed E-state index contributed by atoms with van der Waals surface area (Å²) in [4.78, 5) is 21.2. The molecule has 24 heavy (non-hydrogen) atoms. The molecule has 5 nitrogen and oxygen atoms in total. The number of nitrogens with one attached hydrogen (secondary N) is 3. The predicted octanol–water partition coefficient (Wildman–Crippen LogP) is 3.53. The molecule has 3 N–H and O–H groups in total. The number of anilines is 1. The smallest absolute Gasteiger partial charge is 0.323 e. The normalized spacial score (nSPS) is 10.8. The lowest BCUT2D eigenvalue weighted by molar-refractivity contribution is 1.14. The van der Waals surface area contributed by atoms with Crippen LogP contribution in [-0.2, 0) is 6.54 Å². The van der Waals surface area contributed by atoms with Crippen LogP contribution >= 0.6 is 0 Å². The van der Waals surface area contributed by atoms with E-state index in [0.717, 1.165) is 34.4 Å². The largest absolute Gasteiger partial charge is 0.379 e. The molecule has 118 valence electrons. The average molecular weight is 316 g/mol. The number of aromatic nitrogens is 3. The number of nitrogens with zero attached hydrogens (tertiary/aromatic N) is 1. The van der Waals surface area contributed by atoms with Crippen LogP contribution in [0.3, 0.4) is 0 Å². The molecule has 0 saturated carbocycles. The van der Waals surface area contributed by atoms with Gasteiger partial charge in [0.1, 0.15) is 0 Å². The van der Waals surface area contributed by atoms with Crippen LogP contribution < -0.4 is 11.0 Å². The van der Waals surface area contributed by atoms with Gasteiger partial charge in [-0.05, 0) is 29.3 Å². The van der Waals surface area contributed by atoms with Crippen LogP contribution in [0.2, 0.25) is 0 Å². The van der Waals surface area contributed by atoms with E-state index in [0.29, 0.717) is 0 Å². The highest BCUT2D eigenvalue weighted by Gasteiger charge is 2.07. The van der Waals surface area contributed by atoms with Gasteiger partial charge < -0.3 is 15.3 Å². The zero-order valence-electron chi connectivity index (χ0n) is 12.9. The number of H-pyrrole nitrogens is 2. The summed E-state index contributed by atoms with van der Waals surface area (Å²) in [5, 5.41) is 3.44. The van der Waals surface area contributed by atoms with Gasteiger partial charge in [0.25, 0.3) is 0 Å². The lowest BCUT2D eigenvalue weighted by Crippen LogP contribution is -2.01. The SMILES string of the molecule is O=c1[nH]c2ccc(-c3ccncc3NCc3ccccc3)cc2[nH]1. The topological polar surface area (TPSA) is 73.6 Å². The predicted molar refractivity (Wildman–Crippen MR) is 95.9 cm³/mol. The first-order valence-electron chi connectivity index (χ1n) is 7.74. The second kappa shape index (κ2) is 6.04. The van der Waals surface area contributed by atoms with Crippen molar-refractivity contribution >= 4 is 16.7 Å². The molecule has 2 aromatic carbocycles. The molecule has 4 rings (SSSR count). The fourth-order valence-electron chi connectivity index (χ4n) is 2.78. The molecule has 0 unspecified atom stereocenters. The molecule has 0 saturated heterocycles. The molecule has 0 aliphatic heterocycles. The zero-order chi connectivity index (χ0) is 16.4. The van der Waals surface area contributed by atoms with Crippen molar-refractivity contribution in [2.24, 2.45) is 0 Å². The molecule has 0 radical (unpaired) electrons. The van der Waals surface area contributed by atoms with E-state index in [4.69, 9.17) is 0 Å². The minimum absolute atomic E-state index is 0.195. The summed E-state index contributed by atoms with van der Waals surface area (Å²) in [5.41, 5.74) is 5.64. The Labute approximate surface area is 138 Å². The van der Waals surface area contributed by atoms with Gasteiger partial charge in [-0.1, -0.05) is 36.4 Å². The molecular formula is C19H16N4O. The highest BCUT2D eigenvalue weighted by Crippen LogP contribution is 2.29. The van der Waals surface area contributed by atoms with E-state index >= 15 is 0 Å². The summed E-state index contributed by atoms with van der Waals surface area (Å²) in [6, 6.07) is 18.1. The van der Waals surface area contributed by atoms with E-state index in [1.54, 1.807) is 6.20 Å². The number of hydrogen-bond acceptors (Lipinski definition) is 3. The minimum Gasteiger partial charge on any atom is -0.379 e. The summed E-state index contributed by atoms with van der Waals surface area (Å²) in [6.45, 7) is 0.725. The van der Waals surface area contributed by atoms with Gasteiger partial charge in [0, 0.05) is 18.3 Å². The van der Waals surface area contributed by atoms with Gasteiger partial charge in [0.2, 0.25) is 0 Å². The third-order valence-electron chi connectivity index (χ3n) is 3.97. The first kappa shape index (κ1) is 14.3. The Morgan fingerprint density at radius 1 is 0.958 bits per heavy atom. The van der Waals surface area contributed by atoms with Crippen molar-refractivity contribution in [1.29, 1.82) is 0 Å². The number of pyridine rings is 1. The number of rotatable bonds is 4. The van der Waals surface area contributed by atoms with Crippen LogP contribution in [0.1, 0.15) is 5.56 Å². The molecule has 0 bridgehead atoms. The summed E-state index contributed by atoms with van der Waals surface area (Å²) in [6.07, 6.45) is 3.59. The van der Waals surface area contributed by atoms with E-state index in [9.17, 15) is 4.79 Å². The molecular weight excluding hydrogens is 300 g/mol. The van der Waals surface area contributed by atoms with Crippen LogP contribution in [0.4, 0.5) is 5.69 Å². The molecule has 0 spiro atoms. The zero-order valence-corrected chi connectivity index (χ0v) is 12.9. The second-order valence-electron chi connectivity index (χ2n) is 5.60. The van der Waals surface area contributed by atoms with Crippen LogP contribution in [0.5, 0.6) is 0 Å². The molecule has 5 heteroatoms. The van der Waals surface area contributed by atoms with Gasteiger partial charge in [0.15, 0.2) is 0 Å². The lowest BCUT2D eigenvalue weighted by Gasteiger charge is -2.12. The Hall–Kier alpha value is -3.34. The average Bonchev–Trinajstić information content (AvgIpc) is 3.00. The molecule has 0 aliphatic carbocycles. The maximum atomic E-state index is 11.4. The van der Waals surface area contributed by atoms with Gasteiger partial charge in [0.05, 0.1) is 22.9 Å². The number of aromatic amines is 2. The lowest BCUT2D eigenvalue weighted by atomic mass is 10.0. The second-order valence-corrected chi connectivity index (χ2v) is 5.60. The van der Waals surface area contributed by atoms with Crippen molar-refractivity contribution in [3.05, 3.63) is 83.0 Å². The van der Waals surface area contributed by atoms with Gasteiger partial charge in [-0.15, -0.1) is 0 Å². The fraction of sp³-hybridized carbons (Fsp3) is 0.0526. The molecule has 0 aliphatic rings. The van der Waals surface area contributed by atoms with Crippen molar-refractivity contribution in [3.63, 3.8) is 0 Å². The Kier molecular flexibility index (Phi) is 3.59. The van der Waals surface area contributed by atoms with Crippen molar-refractivity contribution in [3.8, 4) is 11.1 Å². The van der Waals surface area contributed by atoms with E-state index in [-0.39, 0.29) is 5.69 Å². The van der Waals surface area contributed by atoms with E-state index in [2.05, 4.69) is 32.4 Å². The first-order valence-corrected chi connectivity index (χ1v) is 7.74. The van der Waals surface area contributed by atoms with E-state index < -0.39 is 0 Å². The van der Waals surface area contributed by atoms with E-state index in [1.807, 2.05) is 48.7 Å². The summed E-state index contributed by atoms with van der Waals surface area (Å²) < 4.78 is 0. The van der Waals surface area contributed by atoms with Gasteiger partial charge in [-0.2, -0.15) is 0 Å². The molecule has 0 amide bonds. The first-order chi connectivity index (χ1) is 11.8. The number of benzene rings is 2. The Morgan fingerprint density at radius 2 is 1.79 bits per heavy atom. The Balaban J connectivity index is 1.68. The fourth-order valence-corrected chi connectivity index (χ4v) is 2.78. The van der Waals surface area contributed by atoms with Crippen molar-refractivity contribution < 1.29 is 0 Å². The molecule has 0 atom stereocenters.